The van der Waals surface area contributed by atoms with Crippen molar-refractivity contribution in [2.45, 2.75) is 58.9 Å². The van der Waals surface area contributed by atoms with Crippen molar-refractivity contribution in [3.63, 3.8) is 0 Å². The van der Waals surface area contributed by atoms with Gasteiger partial charge in [-0.2, -0.15) is 23.1 Å². The topological polar surface area (TPSA) is 93.1 Å². The van der Waals surface area contributed by atoms with E-state index in [1.165, 1.54) is 18.5 Å². The lowest BCUT2D eigenvalue weighted by Gasteiger charge is -2.18. The fourth-order valence-corrected chi connectivity index (χ4v) is 1.38. The lowest BCUT2D eigenvalue weighted by molar-refractivity contribution is -0.141. The predicted octanol–water partition coefficient (Wildman–Crippen LogP) is 3.87. The summed E-state index contributed by atoms with van der Waals surface area (Å²) in [4.78, 5) is 20.4. The fourth-order valence-electron chi connectivity index (χ4n) is 1.38. The summed E-state index contributed by atoms with van der Waals surface area (Å²) in [6, 6.07) is 3.51. The van der Waals surface area contributed by atoms with Crippen LogP contribution in [0.25, 0.3) is 11.5 Å². The molecule has 0 aliphatic carbocycles. The summed E-state index contributed by atoms with van der Waals surface area (Å²) in [5.74, 6) is 0.0974. The molecule has 10 heteroatoms. The Morgan fingerprint density at radius 3 is 2.07 bits per heavy atom. The van der Waals surface area contributed by atoms with Crippen LogP contribution in [0, 0.1) is 0 Å². The van der Waals surface area contributed by atoms with Crippen LogP contribution in [0.1, 0.15) is 47.2 Å². The molecule has 2 rings (SSSR count). The van der Waals surface area contributed by atoms with Crippen LogP contribution in [0.2, 0.25) is 0 Å². The van der Waals surface area contributed by atoms with Crippen LogP contribution >= 0.6 is 0 Å². The summed E-state index contributed by atoms with van der Waals surface area (Å²) in [5.41, 5.74) is 0.530. The van der Waals surface area contributed by atoms with Crippen molar-refractivity contribution in [3.8, 4) is 11.5 Å². The molecule has 7 nitrogen and oxygen atoms in total. The van der Waals surface area contributed by atoms with Gasteiger partial charge in [-0.3, -0.25) is 4.84 Å². The van der Waals surface area contributed by atoms with Crippen molar-refractivity contribution in [2.75, 3.05) is 5.48 Å². The van der Waals surface area contributed by atoms with Gasteiger partial charge in [-0.1, -0.05) is 6.07 Å². The highest BCUT2D eigenvalue weighted by molar-refractivity contribution is 5.50. The number of hydrogen-bond donors (Lipinski definition) is 2. The quantitative estimate of drug-likeness (QED) is 0.772. The first-order valence-corrected chi connectivity index (χ1v) is 8.05. The van der Waals surface area contributed by atoms with E-state index in [4.69, 9.17) is 9.94 Å². The molecule has 2 N–H and O–H groups in total. The number of halogens is 3. The molecule has 0 aliphatic heterocycles. The second-order valence-electron chi connectivity index (χ2n) is 7.53. The van der Waals surface area contributed by atoms with Crippen molar-refractivity contribution < 1.29 is 23.1 Å². The minimum absolute atomic E-state index is 0.00367. The highest BCUT2D eigenvalue weighted by Crippen LogP contribution is 2.28. The number of aliphatic hydroxyl groups is 1. The van der Waals surface area contributed by atoms with Crippen molar-refractivity contribution in [2.24, 2.45) is 0 Å². The standard InChI is InChI=1S/C13H14F3N5O.C4H10O/c1-12(2,3)22-21-11-18-7-17-10(20-11)8-5-4-6-9(19-8)13(14,15)16;1-4(2,3)5/h4-7H,1-3H3,(H,17,18,20,21);5H,1-3H3. The number of alkyl halides is 3. The highest BCUT2D eigenvalue weighted by atomic mass is 19.4. The van der Waals surface area contributed by atoms with Crippen LogP contribution in [0.4, 0.5) is 19.1 Å². The molecule has 27 heavy (non-hydrogen) atoms. The molecule has 2 aromatic heterocycles. The molecule has 2 aromatic rings. The predicted molar refractivity (Wildman–Crippen MR) is 94.5 cm³/mol. The SMILES string of the molecule is CC(C)(C)O.CC(C)(C)ONc1ncnc(-c2cccc(C(F)(F)F)n2)n1. The van der Waals surface area contributed by atoms with Crippen molar-refractivity contribution in [1.29, 1.82) is 0 Å². The van der Waals surface area contributed by atoms with Crippen LogP contribution < -0.4 is 5.48 Å². The molecule has 0 saturated heterocycles. The maximum Gasteiger partial charge on any atom is 0.433 e. The summed E-state index contributed by atoms with van der Waals surface area (Å²) < 4.78 is 38.0. The van der Waals surface area contributed by atoms with E-state index >= 15 is 0 Å². The van der Waals surface area contributed by atoms with Crippen molar-refractivity contribution >= 4 is 5.95 Å². The second-order valence-corrected chi connectivity index (χ2v) is 7.53. The number of nitrogens with one attached hydrogen (secondary N) is 1. The molecule has 0 spiro atoms. The average molecular weight is 387 g/mol. The van der Waals surface area contributed by atoms with Crippen molar-refractivity contribution in [1.82, 2.24) is 19.9 Å². The van der Waals surface area contributed by atoms with Gasteiger partial charge in [0, 0.05) is 0 Å². The Balaban J connectivity index is 0.000000646. The molecule has 150 valence electrons. The van der Waals surface area contributed by atoms with Gasteiger partial charge < -0.3 is 5.11 Å². The second kappa shape index (κ2) is 8.57. The lowest BCUT2D eigenvalue weighted by atomic mass is 10.2. The number of nitrogens with zero attached hydrogens (tertiary/aromatic N) is 4. The van der Waals surface area contributed by atoms with Gasteiger partial charge in [-0.05, 0) is 53.7 Å². The molecule has 2 heterocycles. The largest absolute Gasteiger partial charge is 0.433 e. The van der Waals surface area contributed by atoms with Crippen LogP contribution in [-0.4, -0.2) is 36.2 Å². The van der Waals surface area contributed by atoms with E-state index in [1.807, 2.05) is 20.8 Å². The normalized spacial score (nSPS) is 12.2. The monoisotopic (exact) mass is 387 g/mol. The van der Waals surface area contributed by atoms with E-state index in [9.17, 15) is 13.2 Å². The molecule has 0 unspecified atom stereocenters. The highest BCUT2D eigenvalue weighted by Gasteiger charge is 2.32. The molecule has 0 bridgehead atoms. The third-order valence-electron chi connectivity index (χ3n) is 2.29. The van der Waals surface area contributed by atoms with E-state index in [0.29, 0.717) is 0 Å². The summed E-state index contributed by atoms with van der Waals surface area (Å²) in [5, 5.41) is 8.52. The Bertz CT molecular complexity index is 734. The molecule has 0 aliphatic rings. The van der Waals surface area contributed by atoms with Gasteiger partial charge in [0.1, 0.15) is 17.7 Å². The van der Waals surface area contributed by atoms with Crippen LogP contribution in [-0.2, 0) is 11.0 Å². The molecular formula is C17H24F3N5O2. The Labute approximate surface area is 156 Å². The van der Waals surface area contributed by atoms with E-state index in [2.05, 4.69) is 25.4 Å². The minimum atomic E-state index is -4.53. The number of pyridine rings is 1. The average Bonchev–Trinajstić information content (AvgIpc) is 2.50. The number of aromatic nitrogens is 4. The maximum absolute atomic E-state index is 12.7. The van der Waals surface area contributed by atoms with Crippen LogP contribution in [0.5, 0.6) is 0 Å². The molecule has 0 radical (unpaired) electrons. The number of anilines is 1. The summed E-state index contributed by atoms with van der Waals surface area (Å²) in [7, 11) is 0. The molecule has 0 aromatic carbocycles. The van der Waals surface area contributed by atoms with Gasteiger partial charge in [0.05, 0.1) is 11.2 Å². The molecular weight excluding hydrogens is 363 g/mol. The molecule has 0 fully saturated rings. The molecule has 0 amide bonds. The summed E-state index contributed by atoms with van der Waals surface area (Å²) >= 11 is 0. The van der Waals surface area contributed by atoms with Gasteiger partial charge in [-0.25, -0.2) is 15.4 Å². The van der Waals surface area contributed by atoms with Gasteiger partial charge in [-0.15, -0.1) is 0 Å². The smallest absolute Gasteiger partial charge is 0.391 e. The van der Waals surface area contributed by atoms with Gasteiger partial charge in [0.15, 0.2) is 5.82 Å². The number of rotatable bonds is 3. The van der Waals surface area contributed by atoms with E-state index in [1.54, 1.807) is 20.8 Å². The Morgan fingerprint density at radius 2 is 1.56 bits per heavy atom. The summed E-state index contributed by atoms with van der Waals surface area (Å²) in [6.45, 7) is 10.7. The van der Waals surface area contributed by atoms with Crippen LogP contribution in [0.15, 0.2) is 24.5 Å². The molecule has 0 saturated carbocycles. The van der Waals surface area contributed by atoms with E-state index < -0.39 is 23.1 Å². The zero-order valence-electron chi connectivity index (χ0n) is 16.1. The lowest BCUT2D eigenvalue weighted by Crippen LogP contribution is -2.23. The van der Waals surface area contributed by atoms with Gasteiger partial charge in [0.25, 0.3) is 5.95 Å². The molecule has 0 atom stereocenters. The first kappa shape index (κ1) is 22.7. The Hall–Kier alpha value is -2.33. The maximum atomic E-state index is 12.7. The Kier molecular flexibility index (Phi) is 7.21. The zero-order valence-corrected chi connectivity index (χ0v) is 16.1. The first-order chi connectivity index (χ1) is 12.1. The van der Waals surface area contributed by atoms with Gasteiger partial charge in [0.2, 0.25) is 0 Å². The Morgan fingerprint density at radius 1 is 0.963 bits per heavy atom. The summed E-state index contributed by atoms with van der Waals surface area (Å²) in [6.07, 6.45) is -3.36. The van der Waals surface area contributed by atoms with Crippen molar-refractivity contribution in [3.05, 3.63) is 30.2 Å². The fraction of sp³-hybridized carbons (Fsp3) is 0.529. The third-order valence-corrected chi connectivity index (χ3v) is 2.29. The minimum Gasteiger partial charge on any atom is -0.391 e. The van der Waals surface area contributed by atoms with Crippen LogP contribution in [0.3, 0.4) is 0 Å². The van der Waals surface area contributed by atoms with E-state index in [0.717, 1.165) is 6.07 Å². The third kappa shape index (κ3) is 9.80. The van der Waals surface area contributed by atoms with Gasteiger partial charge >= 0.3 is 6.18 Å². The number of hydrogen-bond acceptors (Lipinski definition) is 7. The zero-order chi connectivity index (χ0) is 20.9. The first-order valence-electron chi connectivity index (χ1n) is 8.05. The van der Waals surface area contributed by atoms with E-state index in [-0.39, 0.29) is 17.5 Å².